The minimum Gasteiger partial charge on any atom is -0.478 e. The monoisotopic (exact) mass is 287 g/mol. The number of hydrogen-bond acceptors (Lipinski definition) is 2. The van der Waals surface area contributed by atoms with Crippen LogP contribution >= 0.6 is 0 Å². The van der Waals surface area contributed by atoms with Crippen LogP contribution in [0.3, 0.4) is 0 Å². The first-order chi connectivity index (χ1) is 9.11. The van der Waals surface area contributed by atoms with Crippen LogP contribution in [0.2, 0.25) is 0 Å². The summed E-state index contributed by atoms with van der Waals surface area (Å²) in [4.78, 5) is 10.9. The molecule has 1 saturated carbocycles. The van der Waals surface area contributed by atoms with Gasteiger partial charge >= 0.3 is 12.1 Å². The Hall–Kier alpha value is -1.72. The van der Waals surface area contributed by atoms with Crippen molar-refractivity contribution in [1.29, 1.82) is 0 Å². The Morgan fingerprint density at radius 3 is 2.50 bits per heavy atom. The van der Waals surface area contributed by atoms with Gasteiger partial charge in [-0.15, -0.1) is 0 Å². The molecule has 1 atom stereocenters. The number of anilines is 1. The Labute approximate surface area is 114 Å². The summed E-state index contributed by atoms with van der Waals surface area (Å²) < 4.78 is 38.0. The molecule has 20 heavy (non-hydrogen) atoms. The summed E-state index contributed by atoms with van der Waals surface area (Å²) in [7, 11) is 0. The van der Waals surface area contributed by atoms with Crippen molar-refractivity contribution in [2.75, 3.05) is 11.9 Å². The molecular formula is C14H16F3NO2. The Balaban J connectivity index is 2.16. The number of halogens is 3. The Kier molecular flexibility index (Phi) is 3.44. The summed E-state index contributed by atoms with van der Waals surface area (Å²) in [6.45, 7) is 4.88. The molecule has 0 saturated heterocycles. The van der Waals surface area contributed by atoms with Crippen LogP contribution < -0.4 is 5.32 Å². The molecule has 0 amide bonds. The van der Waals surface area contributed by atoms with E-state index in [1.807, 2.05) is 0 Å². The SMILES string of the molecule is CC1(C)CC1CNc1ccc(C(F)(F)F)c(C(=O)O)c1. The molecule has 0 bridgehead atoms. The van der Waals surface area contributed by atoms with E-state index in [0.717, 1.165) is 18.6 Å². The topological polar surface area (TPSA) is 49.3 Å². The second-order valence-electron chi connectivity index (χ2n) is 5.83. The van der Waals surface area contributed by atoms with Gasteiger partial charge in [0.1, 0.15) is 0 Å². The fourth-order valence-corrected chi connectivity index (χ4v) is 2.24. The molecule has 2 rings (SSSR count). The molecule has 1 aromatic rings. The lowest BCUT2D eigenvalue weighted by Gasteiger charge is -2.13. The van der Waals surface area contributed by atoms with E-state index in [2.05, 4.69) is 19.2 Å². The maximum Gasteiger partial charge on any atom is 0.417 e. The van der Waals surface area contributed by atoms with Gasteiger partial charge in [-0.2, -0.15) is 13.2 Å². The van der Waals surface area contributed by atoms with Crippen molar-refractivity contribution in [3.05, 3.63) is 29.3 Å². The van der Waals surface area contributed by atoms with Crippen LogP contribution in [0.5, 0.6) is 0 Å². The van der Waals surface area contributed by atoms with Crippen LogP contribution in [-0.4, -0.2) is 17.6 Å². The number of alkyl halides is 3. The maximum atomic E-state index is 12.7. The number of carbonyl (C=O) groups is 1. The number of hydrogen-bond donors (Lipinski definition) is 2. The highest BCUT2D eigenvalue weighted by Crippen LogP contribution is 2.51. The molecule has 1 aromatic carbocycles. The van der Waals surface area contributed by atoms with Crippen molar-refractivity contribution >= 4 is 11.7 Å². The Morgan fingerprint density at radius 1 is 1.45 bits per heavy atom. The lowest BCUT2D eigenvalue weighted by molar-refractivity contribution is -0.138. The van der Waals surface area contributed by atoms with Crippen LogP contribution in [0.1, 0.15) is 36.2 Å². The lowest BCUT2D eigenvalue weighted by Crippen LogP contribution is -2.14. The molecule has 0 aliphatic heterocycles. The molecule has 0 aromatic heterocycles. The summed E-state index contributed by atoms with van der Waals surface area (Å²) in [6.07, 6.45) is -3.60. The molecule has 3 nitrogen and oxygen atoms in total. The molecular weight excluding hydrogens is 271 g/mol. The van der Waals surface area contributed by atoms with Gasteiger partial charge in [-0.1, -0.05) is 13.8 Å². The third kappa shape index (κ3) is 3.05. The number of nitrogens with one attached hydrogen (secondary N) is 1. The highest BCUT2D eigenvalue weighted by molar-refractivity contribution is 5.91. The molecule has 0 radical (unpaired) electrons. The molecule has 0 heterocycles. The molecule has 1 fully saturated rings. The number of carboxylic acid groups (broad SMARTS) is 1. The van der Waals surface area contributed by atoms with E-state index >= 15 is 0 Å². The molecule has 1 unspecified atom stereocenters. The van der Waals surface area contributed by atoms with Crippen LogP contribution in [0, 0.1) is 11.3 Å². The van der Waals surface area contributed by atoms with Gasteiger partial charge in [0.2, 0.25) is 0 Å². The molecule has 1 aliphatic rings. The zero-order valence-electron chi connectivity index (χ0n) is 11.2. The minimum atomic E-state index is -4.66. The summed E-state index contributed by atoms with van der Waals surface area (Å²) >= 11 is 0. The summed E-state index contributed by atoms with van der Waals surface area (Å²) in [5.41, 5.74) is -1.19. The van der Waals surface area contributed by atoms with Gasteiger partial charge in [-0.05, 0) is 36.0 Å². The number of benzene rings is 1. The van der Waals surface area contributed by atoms with E-state index in [1.54, 1.807) is 0 Å². The number of aromatic carboxylic acids is 1. The van der Waals surface area contributed by atoms with Crippen molar-refractivity contribution < 1.29 is 23.1 Å². The van der Waals surface area contributed by atoms with Gasteiger partial charge in [0, 0.05) is 12.2 Å². The number of rotatable bonds is 4. The van der Waals surface area contributed by atoms with E-state index in [9.17, 15) is 18.0 Å². The Morgan fingerprint density at radius 2 is 2.05 bits per heavy atom. The van der Waals surface area contributed by atoms with Gasteiger partial charge in [-0.3, -0.25) is 0 Å². The van der Waals surface area contributed by atoms with Gasteiger partial charge in [0.15, 0.2) is 0 Å². The molecule has 2 N–H and O–H groups in total. The van der Waals surface area contributed by atoms with Gasteiger partial charge < -0.3 is 10.4 Å². The quantitative estimate of drug-likeness (QED) is 0.884. The second-order valence-corrected chi connectivity index (χ2v) is 5.83. The third-order valence-corrected chi connectivity index (χ3v) is 3.83. The summed E-state index contributed by atoms with van der Waals surface area (Å²) in [5, 5.41) is 11.9. The minimum absolute atomic E-state index is 0.258. The molecule has 1 aliphatic carbocycles. The molecule has 0 spiro atoms. The highest BCUT2D eigenvalue weighted by atomic mass is 19.4. The van der Waals surface area contributed by atoms with E-state index in [1.165, 1.54) is 6.07 Å². The van der Waals surface area contributed by atoms with Crippen LogP contribution in [0.4, 0.5) is 18.9 Å². The first-order valence-corrected chi connectivity index (χ1v) is 6.29. The first-order valence-electron chi connectivity index (χ1n) is 6.29. The normalized spacial score (nSPS) is 20.6. The Bertz CT molecular complexity index is 538. The second kappa shape index (κ2) is 4.68. The van der Waals surface area contributed by atoms with E-state index < -0.39 is 23.3 Å². The average Bonchev–Trinajstić information content (AvgIpc) is 2.93. The smallest absolute Gasteiger partial charge is 0.417 e. The van der Waals surface area contributed by atoms with Gasteiger partial charge in [0.25, 0.3) is 0 Å². The summed E-state index contributed by atoms with van der Waals surface area (Å²) in [6, 6.07) is 3.12. The molecule has 6 heteroatoms. The zero-order valence-corrected chi connectivity index (χ0v) is 11.2. The van der Waals surface area contributed by atoms with E-state index in [-0.39, 0.29) is 5.41 Å². The van der Waals surface area contributed by atoms with Crippen molar-refractivity contribution in [2.24, 2.45) is 11.3 Å². The van der Waals surface area contributed by atoms with Gasteiger partial charge in [0.05, 0.1) is 11.1 Å². The van der Waals surface area contributed by atoms with E-state index in [0.29, 0.717) is 18.2 Å². The molecule has 110 valence electrons. The van der Waals surface area contributed by atoms with Crippen molar-refractivity contribution in [1.82, 2.24) is 0 Å². The highest BCUT2D eigenvalue weighted by Gasteiger charge is 2.45. The van der Waals surface area contributed by atoms with Crippen molar-refractivity contribution in [2.45, 2.75) is 26.4 Å². The predicted octanol–water partition coefficient (Wildman–Crippen LogP) is 3.86. The first kappa shape index (κ1) is 14.7. The van der Waals surface area contributed by atoms with Crippen LogP contribution in [-0.2, 0) is 6.18 Å². The van der Waals surface area contributed by atoms with Crippen molar-refractivity contribution in [3.63, 3.8) is 0 Å². The lowest BCUT2D eigenvalue weighted by atomic mass is 10.1. The van der Waals surface area contributed by atoms with Gasteiger partial charge in [-0.25, -0.2) is 4.79 Å². The summed E-state index contributed by atoms with van der Waals surface area (Å²) in [5.74, 6) is -1.11. The fraction of sp³-hybridized carbons (Fsp3) is 0.500. The predicted molar refractivity (Wildman–Crippen MR) is 68.8 cm³/mol. The van der Waals surface area contributed by atoms with E-state index in [4.69, 9.17) is 5.11 Å². The third-order valence-electron chi connectivity index (χ3n) is 3.83. The van der Waals surface area contributed by atoms with Crippen molar-refractivity contribution in [3.8, 4) is 0 Å². The standard InChI is InChI=1S/C14H16F3NO2/c1-13(2)6-8(13)7-18-9-3-4-11(14(15,16)17)10(5-9)12(19)20/h3-5,8,18H,6-7H2,1-2H3,(H,19,20). The average molecular weight is 287 g/mol. The largest absolute Gasteiger partial charge is 0.478 e. The maximum absolute atomic E-state index is 12.7. The zero-order chi connectivity index (χ0) is 15.1. The number of carboxylic acids is 1. The fourth-order valence-electron chi connectivity index (χ4n) is 2.24. The van der Waals surface area contributed by atoms with Crippen LogP contribution in [0.15, 0.2) is 18.2 Å². The van der Waals surface area contributed by atoms with Crippen LogP contribution in [0.25, 0.3) is 0 Å².